The molecule has 1 unspecified atom stereocenters. The number of rotatable bonds is 4. The fourth-order valence-electron chi connectivity index (χ4n) is 4.45. The number of phenols is 1. The number of nitrogens with one attached hydrogen (secondary N) is 1. The Labute approximate surface area is 190 Å². The second-order valence-corrected chi connectivity index (χ2v) is 8.03. The number of hydrogen-bond acceptors (Lipinski definition) is 7. The molecule has 4 aromatic rings. The molecule has 1 saturated heterocycles. The van der Waals surface area contributed by atoms with Crippen molar-refractivity contribution < 1.29 is 14.2 Å². The van der Waals surface area contributed by atoms with Gasteiger partial charge in [-0.15, -0.1) is 0 Å². The van der Waals surface area contributed by atoms with Gasteiger partial charge >= 0.3 is 6.01 Å². The summed E-state index contributed by atoms with van der Waals surface area (Å²) in [4.78, 5) is 10.9. The second kappa shape index (κ2) is 8.52. The monoisotopic (exact) mass is 443 g/mol. The van der Waals surface area contributed by atoms with Gasteiger partial charge in [0.25, 0.3) is 0 Å². The molecule has 1 fully saturated rings. The van der Waals surface area contributed by atoms with Gasteiger partial charge in [0.2, 0.25) is 0 Å². The van der Waals surface area contributed by atoms with E-state index >= 15 is 4.39 Å². The Bertz CT molecular complexity index is 1400. The van der Waals surface area contributed by atoms with E-state index in [1.54, 1.807) is 18.2 Å². The fraction of sp³-hybridized carbons (Fsp3) is 0.240. The van der Waals surface area contributed by atoms with Gasteiger partial charge in [-0.05, 0) is 34.5 Å². The van der Waals surface area contributed by atoms with E-state index in [9.17, 15) is 5.11 Å². The van der Waals surface area contributed by atoms with E-state index in [2.05, 4.69) is 21.4 Å². The molecule has 2 N–H and O–H groups in total. The number of methoxy groups -OCH3 is 1. The van der Waals surface area contributed by atoms with Crippen molar-refractivity contribution in [3.05, 3.63) is 54.3 Å². The maximum atomic E-state index is 16.0. The van der Waals surface area contributed by atoms with Crippen LogP contribution in [0.5, 0.6) is 11.8 Å². The van der Waals surface area contributed by atoms with Gasteiger partial charge in [-0.2, -0.15) is 15.2 Å². The summed E-state index contributed by atoms with van der Waals surface area (Å²) < 4.78 is 21.3. The molecule has 1 aliphatic heterocycles. The summed E-state index contributed by atoms with van der Waals surface area (Å²) in [5, 5.41) is 24.9. The van der Waals surface area contributed by atoms with E-state index in [1.165, 1.54) is 7.11 Å². The minimum atomic E-state index is -0.506. The molecule has 3 aromatic carbocycles. The maximum Gasteiger partial charge on any atom is 0.318 e. The first-order chi connectivity index (χ1) is 16.1. The number of hydrogen-bond donors (Lipinski definition) is 2. The average Bonchev–Trinajstić information content (AvgIpc) is 2.84. The summed E-state index contributed by atoms with van der Waals surface area (Å²) >= 11 is 0. The lowest BCUT2D eigenvalue weighted by atomic mass is 9.96. The van der Waals surface area contributed by atoms with Gasteiger partial charge in [0.05, 0.1) is 19.6 Å². The van der Waals surface area contributed by atoms with Gasteiger partial charge in [0.1, 0.15) is 17.1 Å². The number of phenolic OH excluding ortho intramolecular Hbond substituents is 1. The lowest BCUT2D eigenvalue weighted by Gasteiger charge is -2.34. The topological polar surface area (TPSA) is 94.3 Å². The van der Waals surface area contributed by atoms with E-state index in [4.69, 9.17) is 10.00 Å². The molecule has 2 heterocycles. The molecule has 0 bridgehead atoms. The summed E-state index contributed by atoms with van der Waals surface area (Å²) in [7, 11) is 1.45. The summed E-state index contributed by atoms with van der Waals surface area (Å²) in [5.41, 5.74) is 1.07. The van der Waals surface area contributed by atoms with E-state index in [0.717, 1.165) is 10.8 Å². The number of piperazine rings is 1. The van der Waals surface area contributed by atoms with Gasteiger partial charge in [0.15, 0.2) is 5.82 Å². The molecule has 1 atom stereocenters. The number of ether oxygens (including phenoxy) is 1. The predicted molar refractivity (Wildman–Crippen MR) is 125 cm³/mol. The van der Waals surface area contributed by atoms with Gasteiger partial charge < -0.3 is 20.1 Å². The van der Waals surface area contributed by atoms with E-state index in [0.29, 0.717) is 48.4 Å². The Hall–Kier alpha value is -3.96. The van der Waals surface area contributed by atoms with Crippen LogP contribution in [0.2, 0.25) is 0 Å². The van der Waals surface area contributed by atoms with Gasteiger partial charge in [-0.25, -0.2) is 4.39 Å². The number of fused-ring (bicyclic) bond motifs is 2. The van der Waals surface area contributed by atoms with Crippen molar-refractivity contribution >= 4 is 27.5 Å². The fourth-order valence-corrected chi connectivity index (χ4v) is 4.45. The Balaban J connectivity index is 1.69. The summed E-state index contributed by atoms with van der Waals surface area (Å²) in [6.45, 7) is 1.93. The maximum absolute atomic E-state index is 16.0. The van der Waals surface area contributed by atoms with Crippen molar-refractivity contribution in [1.29, 1.82) is 5.26 Å². The van der Waals surface area contributed by atoms with E-state index in [1.807, 2.05) is 35.2 Å². The standard InChI is InChI=1S/C25H22FN5O2/c1-33-25-29-23-20(24(30-25)31-11-10-28-16(14-31)8-9-27)7-6-19(22(23)26)21-13-17(32)12-15-4-2-3-5-18(15)21/h2-7,12-13,16,28,32H,8,10-11,14H2,1H3. The van der Waals surface area contributed by atoms with Crippen LogP contribution in [0.4, 0.5) is 10.2 Å². The first-order valence-corrected chi connectivity index (χ1v) is 10.7. The van der Waals surface area contributed by atoms with Crippen LogP contribution < -0.4 is 15.0 Å². The Morgan fingerprint density at radius 2 is 2.03 bits per heavy atom. The molecule has 1 aliphatic rings. The van der Waals surface area contributed by atoms with Crippen molar-refractivity contribution in [3.8, 4) is 29.0 Å². The normalized spacial score (nSPS) is 16.2. The number of benzene rings is 3. The highest BCUT2D eigenvalue weighted by molar-refractivity contribution is 6.01. The van der Waals surface area contributed by atoms with Crippen molar-refractivity contribution in [3.63, 3.8) is 0 Å². The molecule has 5 rings (SSSR count). The van der Waals surface area contributed by atoms with Crippen LogP contribution in [0.3, 0.4) is 0 Å². The number of nitrogens with zero attached hydrogens (tertiary/aromatic N) is 4. The lowest BCUT2D eigenvalue weighted by Crippen LogP contribution is -2.50. The highest BCUT2D eigenvalue weighted by Crippen LogP contribution is 2.38. The van der Waals surface area contributed by atoms with Crippen molar-refractivity contribution in [2.24, 2.45) is 0 Å². The van der Waals surface area contributed by atoms with E-state index < -0.39 is 5.82 Å². The molecule has 0 saturated carbocycles. The SMILES string of the molecule is COc1nc(N2CCNC(CC#N)C2)c2ccc(-c3cc(O)cc4ccccc34)c(F)c2n1. The third-order valence-electron chi connectivity index (χ3n) is 5.98. The first-order valence-electron chi connectivity index (χ1n) is 10.7. The number of anilines is 1. The Morgan fingerprint density at radius 3 is 2.85 bits per heavy atom. The number of aromatic nitrogens is 2. The van der Waals surface area contributed by atoms with Crippen molar-refractivity contribution in [2.75, 3.05) is 31.6 Å². The number of halogens is 1. The van der Waals surface area contributed by atoms with Gasteiger partial charge in [0, 0.05) is 36.6 Å². The Morgan fingerprint density at radius 1 is 1.18 bits per heavy atom. The summed E-state index contributed by atoms with van der Waals surface area (Å²) in [6, 6.07) is 16.5. The van der Waals surface area contributed by atoms with E-state index in [-0.39, 0.29) is 23.3 Å². The molecular formula is C25H22FN5O2. The molecule has 0 aliphatic carbocycles. The first kappa shape index (κ1) is 20.9. The summed E-state index contributed by atoms with van der Waals surface area (Å²) in [6.07, 6.45) is 0.375. The zero-order chi connectivity index (χ0) is 22.9. The number of aromatic hydroxyl groups is 1. The highest BCUT2D eigenvalue weighted by Gasteiger charge is 2.25. The predicted octanol–water partition coefficient (Wildman–Crippen LogP) is 4.00. The second-order valence-electron chi connectivity index (χ2n) is 8.03. The van der Waals surface area contributed by atoms with Crippen molar-refractivity contribution in [2.45, 2.75) is 12.5 Å². The molecule has 33 heavy (non-hydrogen) atoms. The van der Waals surface area contributed by atoms with Gasteiger partial charge in [-0.1, -0.05) is 30.3 Å². The van der Waals surface area contributed by atoms with Crippen LogP contribution >= 0.6 is 0 Å². The summed E-state index contributed by atoms with van der Waals surface area (Å²) in [5.74, 6) is 0.134. The van der Waals surface area contributed by atoms with Crippen LogP contribution in [-0.4, -0.2) is 47.9 Å². The van der Waals surface area contributed by atoms with Crippen LogP contribution in [0.25, 0.3) is 32.8 Å². The smallest absolute Gasteiger partial charge is 0.318 e. The zero-order valence-corrected chi connectivity index (χ0v) is 18.0. The largest absolute Gasteiger partial charge is 0.508 e. The molecule has 1 aromatic heterocycles. The average molecular weight is 443 g/mol. The van der Waals surface area contributed by atoms with Gasteiger partial charge in [-0.3, -0.25) is 0 Å². The van der Waals surface area contributed by atoms with Crippen LogP contribution in [0.1, 0.15) is 6.42 Å². The van der Waals surface area contributed by atoms with Crippen LogP contribution in [-0.2, 0) is 0 Å². The molecular weight excluding hydrogens is 421 g/mol. The molecule has 8 heteroatoms. The molecule has 166 valence electrons. The molecule has 0 spiro atoms. The lowest BCUT2D eigenvalue weighted by molar-refractivity contribution is 0.380. The molecule has 7 nitrogen and oxygen atoms in total. The van der Waals surface area contributed by atoms with Crippen LogP contribution in [0, 0.1) is 17.1 Å². The van der Waals surface area contributed by atoms with Crippen LogP contribution in [0.15, 0.2) is 48.5 Å². The number of nitriles is 1. The third kappa shape index (κ3) is 3.77. The zero-order valence-electron chi connectivity index (χ0n) is 18.0. The highest BCUT2D eigenvalue weighted by atomic mass is 19.1. The third-order valence-corrected chi connectivity index (χ3v) is 5.98. The Kier molecular flexibility index (Phi) is 5.40. The molecule has 0 amide bonds. The molecule has 0 radical (unpaired) electrons. The van der Waals surface area contributed by atoms with Crippen molar-refractivity contribution in [1.82, 2.24) is 15.3 Å². The minimum absolute atomic E-state index is 0.00235. The quantitative estimate of drug-likeness (QED) is 0.492. The minimum Gasteiger partial charge on any atom is -0.508 e.